The van der Waals surface area contributed by atoms with E-state index in [1.165, 1.54) is 5.56 Å². The number of hydrogen-bond donors (Lipinski definition) is 3. The van der Waals surface area contributed by atoms with Crippen molar-refractivity contribution >= 4 is 11.9 Å². The highest BCUT2D eigenvalue weighted by atomic mass is 16.2. The zero-order chi connectivity index (χ0) is 19.1. The van der Waals surface area contributed by atoms with Crippen LogP contribution in [0.25, 0.3) is 0 Å². The van der Waals surface area contributed by atoms with Crippen molar-refractivity contribution in [3.05, 3.63) is 35.4 Å². The number of carbonyl (C=O) groups excluding carboxylic acids is 1. The molecule has 0 unspecified atom stereocenters. The Morgan fingerprint density at radius 2 is 1.60 bits per heavy atom. The van der Waals surface area contributed by atoms with Crippen LogP contribution in [0.5, 0.6) is 0 Å². The number of nitrogens with one attached hydrogen (secondary N) is 3. The van der Waals surface area contributed by atoms with Gasteiger partial charge in [0.05, 0.1) is 13.1 Å². The Hall–Kier alpha value is -2.04. The van der Waals surface area contributed by atoms with E-state index < -0.39 is 0 Å². The molecule has 5 heteroatoms. The predicted molar refractivity (Wildman–Crippen MR) is 106 cm³/mol. The van der Waals surface area contributed by atoms with Crippen molar-refractivity contribution in [2.45, 2.75) is 66.0 Å². The second kappa shape index (κ2) is 8.88. The van der Waals surface area contributed by atoms with Crippen molar-refractivity contribution < 1.29 is 4.79 Å². The fourth-order valence-electron chi connectivity index (χ4n) is 2.25. The third kappa shape index (κ3) is 8.57. The van der Waals surface area contributed by atoms with Gasteiger partial charge in [-0.15, -0.1) is 0 Å². The molecule has 0 atom stereocenters. The van der Waals surface area contributed by atoms with Crippen molar-refractivity contribution in [3.8, 4) is 0 Å². The molecule has 0 saturated carbocycles. The van der Waals surface area contributed by atoms with Gasteiger partial charge >= 0.3 is 0 Å². The number of amides is 1. The van der Waals surface area contributed by atoms with Gasteiger partial charge < -0.3 is 16.0 Å². The Morgan fingerprint density at radius 1 is 1.00 bits per heavy atom. The van der Waals surface area contributed by atoms with Gasteiger partial charge in [0.2, 0.25) is 5.91 Å². The van der Waals surface area contributed by atoms with E-state index in [4.69, 9.17) is 0 Å². The van der Waals surface area contributed by atoms with E-state index in [0.29, 0.717) is 12.5 Å². The number of aliphatic imine (C=N–C) groups is 1. The van der Waals surface area contributed by atoms with Crippen molar-refractivity contribution in [3.63, 3.8) is 0 Å². The molecular formula is C20H34N4O. The van der Waals surface area contributed by atoms with E-state index in [1.807, 2.05) is 27.7 Å². The number of rotatable bonds is 5. The first-order valence-corrected chi connectivity index (χ1v) is 8.94. The Labute approximate surface area is 152 Å². The zero-order valence-corrected chi connectivity index (χ0v) is 16.8. The predicted octanol–water partition coefficient (Wildman–Crippen LogP) is 2.95. The minimum Gasteiger partial charge on any atom is -0.357 e. The molecule has 0 radical (unpaired) electrons. The summed E-state index contributed by atoms with van der Waals surface area (Å²) in [4.78, 5) is 16.5. The van der Waals surface area contributed by atoms with Gasteiger partial charge in [0.15, 0.2) is 5.96 Å². The summed E-state index contributed by atoms with van der Waals surface area (Å²) in [6, 6.07) is 8.53. The topological polar surface area (TPSA) is 65.5 Å². The summed E-state index contributed by atoms with van der Waals surface area (Å²) in [7, 11) is 0. The van der Waals surface area contributed by atoms with Gasteiger partial charge in [-0.2, -0.15) is 0 Å². The molecule has 1 aromatic carbocycles. The Morgan fingerprint density at radius 3 is 2.08 bits per heavy atom. The van der Waals surface area contributed by atoms with Gasteiger partial charge in [-0.1, -0.05) is 45.0 Å². The van der Waals surface area contributed by atoms with Gasteiger partial charge in [0, 0.05) is 12.1 Å². The highest BCUT2D eigenvalue weighted by molar-refractivity contribution is 5.86. The fraction of sp³-hybridized carbons (Fsp3) is 0.600. The van der Waals surface area contributed by atoms with Crippen LogP contribution in [0.4, 0.5) is 0 Å². The van der Waals surface area contributed by atoms with E-state index in [0.717, 1.165) is 12.1 Å². The summed E-state index contributed by atoms with van der Waals surface area (Å²) in [6.07, 6.45) is 0. The smallest absolute Gasteiger partial charge is 0.239 e. The van der Waals surface area contributed by atoms with Crippen molar-refractivity contribution in [1.82, 2.24) is 16.0 Å². The maximum atomic E-state index is 11.9. The third-order valence-electron chi connectivity index (χ3n) is 3.51. The van der Waals surface area contributed by atoms with Crippen molar-refractivity contribution in [2.75, 3.05) is 13.1 Å². The van der Waals surface area contributed by atoms with Crippen LogP contribution in [-0.2, 0) is 16.8 Å². The van der Waals surface area contributed by atoms with Crippen LogP contribution in [0.3, 0.4) is 0 Å². The van der Waals surface area contributed by atoms with Crippen molar-refractivity contribution in [1.29, 1.82) is 0 Å². The lowest BCUT2D eigenvalue weighted by molar-refractivity contribution is -0.121. The van der Waals surface area contributed by atoms with Crippen LogP contribution in [0, 0.1) is 0 Å². The molecule has 1 rings (SSSR count). The molecule has 0 bridgehead atoms. The Bertz CT molecular complexity index is 577. The number of benzene rings is 1. The first kappa shape index (κ1) is 21.0. The Balaban J connectivity index is 2.64. The molecule has 0 aliphatic heterocycles. The first-order valence-electron chi connectivity index (χ1n) is 8.94. The second-order valence-electron chi connectivity index (χ2n) is 8.29. The molecule has 0 spiro atoms. The molecule has 0 heterocycles. The van der Waals surface area contributed by atoms with E-state index >= 15 is 0 Å². The average Bonchev–Trinajstić information content (AvgIpc) is 2.48. The zero-order valence-electron chi connectivity index (χ0n) is 16.8. The lowest BCUT2D eigenvalue weighted by atomic mass is 9.87. The minimum absolute atomic E-state index is 0.0485. The quantitative estimate of drug-likeness (QED) is 0.567. The van der Waals surface area contributed by atoms with Gasteiger partial charge in [0.25, 0.3) is 0 Å². The van der Waals surface area contributed by atoms with Gasteiger partial charge in [-0.25, -0.2) is 4.99 Å². The summed E-state index contributed by atoms with van der Waals surface area (Å²) in [5.74, 6) is 0.596. The normalized spacial score (nSPS) is 12.7. The van der Waals surface area contributed by atoms with Crippen LogP contribution in [0.2, 0.25) is 0 Å². The molecule has 5 nitrogen and oxygen atoms in total. The number of nitrogens with zero attached hydrogens (tertiary/aromatic N) is 1. The largest absolute Gasteiger partial charge is 0.357 e. The number of hydrogen-bond acceptors (Lipinski definition) is 2. The SMILES string of the molecule is CCNC(=NCc1ccc(C(C)(C)C)cc1)NCC(=O)NC(C)(C)C. The number of guanidine groups is 1. The lowest BCUT2D eigenvalue weighted by Crippen LogP contribution is -2.48. The van der Waals surface area contributed by atoms with Crippen LogP contribution in [-0.4, -0.2) is 30.5 Å². The number of carbonyl (C=O) groups is 1. The summed E-state index contributed by atoms with van der Waals surface area (Å²) in [5.41, 5.74) is 2.37. The van der Waals surface area contributed by atoms with Crippen LogP contribution in [0.15, 0.2) is 29.3 Å². The monoisotopic (exact) mass is 346 g/mol. The molecule has 25 heavy (non-hydrogen) atoms. The lowest BCUT2D eigenvalue weighted by Gasteiger charge is -2.21. The summed E-state index contributed by atoms with van der Waals surface area (Å²) in [5, 5.41) is 9.17. The highest BCUT2D eigenvalue weighted by Gasteiger charge is 2.14. The maximum absolute atomic E-state index is 11.9. The molecular weight excluding hydrogens is 312 g/mol. The second-order valence-corrected chi connectivity index (χ2v) is 8.29. The van der Waals surface area contributed by atoms with Gasteiger partial charge in [0.1, 0.15) is 0 Å². The molecule has 0 fully saturated rings. The molecule has 0 aromatic heterocycles. The standard InChI is InChI=1S/C20H34N4O/c1-8-21-18(23-14-17(25)24-20(5,6)7)22-13-15-9-11-16(12-10-15)19(2,3)4/h9-12H,8,13-14H2,1-7H3,(H,24,25)(H2,21,22,23). The van der Waals surface area contributed by atoms with E-state index in [2.05, 4.69) is 66.0 Å². The first-order chi connectivity index (χ1) is 11.5. The minimum atomic E-state index is -0.233. The molecule has 140 valence electrons. The van der Waals surface area contributed by atoms with Crippen LogP contribution < -0.4 is 16.0 Å². The van der Waals surface area contributed by atoms with Crippen LogP contribution >= 0.6 is 0 Å². The Kier molecular flexibility index (Phi) is 7.46. The maximum Gasteiger partial charge on any atom is 0.239 e. The average molecular weight is 347 g/mol. The molecule has 0 aliphatic carbocycles. The molecule has 0 saturated heterocycles. The highest BCUT2D eigenvalue weighted by Crippen LogP contribution is 2.22. The van der Waals surface area contributed by atoms with Gasteiger partial charge in [-0.3, -0.25) is 4.79 Å². The molecule has 0 aliphatic rings. The summed E-state index contributed by atoms with van der Waals surface area (Å²) < 4.78 is 0. The van der Waals surface area contributed by atoms with E-state index in [1.54, 1.807) is 0 Å². The van der Waals surface area contributed by atoms with Gasteiger partial charge in [-0.05, 0) is 44.2 Å². The van der Waals surface area contributed by atoms with E-state index in [9.17, 15) is 4.79 Å². The van der Waals surface area contributed by atoms with Crippen LogP contribution in [0.1, 0.15) is 59.6 Å². The van der Waals surface area contributed by atoms with Crippen molar-refractivity contribution in [2.24, 2.45) is 4.99 Å². The molecule has 1 amide bonds. The summed E-state index contributed by atoms with van der Waals surface area (Å²) >= 11 is 0. The molecule has 1 aromatic rings. The molecule has 3 N–H and O–H groups in total. The van der Waals surface area contributed by atoms with E-state index in [-0.39, 0.29) is 23.4 Å². The third-order valence-corrected chi connectivity index (χ3v) is 3.51. The summed E-state index contributed by atoms with van der Waals surface area (Å²) in [6.45, 7) is 16.0. The fourth-order valence-corrected chi connectivity index (χ4v) is 2.25.